The van der Waals surface area contributed by atoms with Crippen LogP contribution >= 0.6 is 35.3 Å². The number of rotatable bonds is 9. The van der Waals surface area contributed by atoms with Crippen molar-refractivity contribution in [1.29, 1.82) is 0 Å². The molecule has 1 fully saturated rings. The predicted octanol–water partition coefficient (Wildman–Crippen LogP) is 4.05. The van der Waals surface area contributed by atoms with Gasteiger partial charge in [0.15, 0.2) is 5.96 Å². The van der Waals surface area contributed by atoms with Gasteiger partial charge in [0.25, 0.3) is 5.91 Å². The Kier molecular flexibility index (Phi) is 11.4. The average molecular weight is 572 g/mol. The Balaban J connectivity index is 0.00000363. The van der Waals surface area contributed by atoms with E-state index in [0.29, 0.717) is 31.1 Å². The summed E-state index contributed by atoms with van der Waals surface area (Å²) in [6.45, 7) is 9.57. The fraction of sp³-hybridized carbons (Fsp3) is 0.522. The second kappa shape index (κ2) is 13.7. The summed E-state index contributed by atoms with van der Waals surface area (Å²) in [4.78, 5) is 21.8. The number of benzene rings is 1. The maximum Gasteiger partial charge on any atom is 0.251 e. The summed E-state index contributed by atoms with van der Waals surface area (Å²) in [5, 5.41) is 12.7. The molecule has 2 heterocycles. The number of ether oxygens (including phenoxy) is 1. The highest BCUT2D eigenvalue weighted by Gasteiger charge is 2.16. The molecule has 9 heteroatoms. The van der Waals surface area contributed by atoms with Crippen molar-refractivity contribution in [2.75, 3.05) is 19.7 Å². The van der Waals surface area contributed by atoms with Crippen molar-refractivity contribution in [3.63, 3.8) is 0 Å². The van der Waals surface area contributed by atoms with Crippen molar-refractivity contribution < 1.29 is 9.53 Å². The first kappa shape index (κ1) is 26.5. The summed E-state index contributed by atoms with van der Waals surface area (Å²) in [6, 6.07) is 7.61. The quantitative estimate of drug-likeness (QED) is 0.240. The third-order valence-corrected chi connectivity index (χ3v) is 5.90. The Morgan fingerprint density at radius 1 is 1.31 bits per heavy atom. The van der Waals surface area contributed by atoms with Crippen molar-refractivity contribution in [2.24, 2.45) is 4.99 Å². The second-order valence-corrected chi connectivity index (χ2v) is 8.86. The van der Waals surface area contributed by atoms with Crippen LogP contribution in [0.3, 0.4) is 0 Å². The highest BCUT2D eigenvalue weighted by atomic mass is 127. The zero-order valence-electron chi connectivity index (χ0n) is 19.0. The average Bonchev–Trinajstić information content (AvgIpc) is 3.46. The standard InChI is InChI=1S/C23H33N5O2S.HI/c1-4-24-23(27-14-21-28-20(15-31-21)16(2)3)26-12-17-7-5-8-18(11-17)22(29)25-13-19-9-6-10-30-19;/h5,7-8,11,15-16,19H,4,6,9-10,12-14H2,1-3H3,(H,25,29)(H2,24,26,27);1H. The molecule has 0 radical (unpaired) electrons. The number of hydrogen-bond acceptors (Lipinski definition) is 5. The Hall–Kier alpha value is -1.72. The van der Waals surface area contributed by atoms with Crippen LogP contribution in [0.5, 0.6) is 0 Å². The molecule has 0 spiro atoms. The monoisotopic (exact) mass is 571 g/mol. The number of aromatic nitrogens is 1. The summed E-state index contributed by atoms with van der Waals surface area (Å²) >= 11 is 1.66. The lowest BCUT2D eigenvalue weighted by Gasteiger charge is -2.12. The fourth-order valence-corrected chi connectivity index (χ4v) is 4.16. The van der Waals surface area contributed by atoms with Gasteiger partial charge in [-0.1, -0.05) is 26.0 Å². The van der Waals surface area contributed by atoms with Gasteiger partial charge < -0.3 is 20.7 Å². The van der Waals surface area contributed by atoms with Gasteiger partial charge in [0.2, 0.25) is 0 Å². The van der Waals surface area contributed by atoms with E-state index in [1.165, 1.54) is 0 Å². The number of nitrogens with zero attached hydrogens (tertiary/aromatic N) is 2. The maximum absolute atomic E-state index is 12.5. The zero-order chi connectivity index (χ0) is 22.1. The van der Waals surface area contributed by atoms with E-state index in [9.17, 15) is 4.79 Å². The van der Waals surface area contributed by atoms with Crippen LogP contribution in [0.15, 0.2) is 34.6 Å². The molecular formula is C23H34IN5O2S. The molecule has 1 amide bonds. The largest absolute Gasteiger partial charge is 0.376 e. The van der Waals surface area contributed by atoms with Gasteiger partial charge in [-0.15, -0.1) is 35.3 Å². The van der Waals surface area contributed by atoms with Crippen molar-refractivity contribution >= 4 is 47.2 Å². The van der Waals surface area contributed by atoms with E-state index in [0.717, 1.165) is 48.2 Å². The molecule has 1 aromatic carbocycles. The molecule has 1 saturated heterocycles. The third-order valence-electron chi connectivity index (χ3n) is 5.04. The molecule has 2 aromatic rings. The van der Waals surface area contributed by atoms with E-state index in [4.69, 9.17) is 4.74 Å². The first-order chi connectivity index (χ1) is 15.0. The molecule has 32 heavy (non-hydrogen) atoms. The number of aliphatic imine (C=N–C) groups is 1. The van der Waals surface area contributed by atoms with Crippen molar-refractivity contribution in [3.05, 3.63) is 51.5 Å². The number of halogens is 1. The normalized spacial score (nSPS) is 16.0. The molecule has 1 unspecified atom stereocenters. The summed E-state index contributed by atoms with van der Waals surface area (Å²) in [7, 11) is 0. The van der Waals surface area contributed by atoms with Gasteiger partial charge in [-0.05, 0) is 43.4 Å². The molecule has 0 bridgehead atoms. The number of amides is 1. The van der Waals surface area contributed by atoms with Crippen molar-refractivity contribution in [1.82, 2.24) is 20.9 Å². The number of carbonyl (C=O) groups excluding carboxylic acids is 1. The van der Waals surface area contributed by atoms with Crippen LogP contribution in [0.4, 0.5) is 0 Å². The van der Waals surface area contributed by atoms with Crippen LogP contribution in [0.1, 0.15) is 66.2 Å². The van der Waals surface area contributed by atoms with Gasteiger partial charge in [0, 0.05) is 30.6 Å². The van der Waals surface area contributed by atoms with Crippen LogP contribution in [-0.4, -0.2) is 42.7 Å². The van der Waals surface area contributed by atoms with Crippen LogP contribution in [0.25, 0.3) is 0 Å². The molecular weight excluding hydrogens is 537 g/mol. The Morgan fingerprint density at radius 3 is 2.84 bits per heavy atom. The number of guanidine groups is 1. The van der Waals surface area contributed by atoms with Crippen LogP contribution in [0, 0.1) is 0 Å². The van der Waals surface area contributed by atoms with Gasteiger partial charge in [-0.25, -0.2) is 9.98 Å². The lowest BCUT2D eigenvalue weighted by Crippen LogP contribution is -2.36. The van der Waals surface area contributed by atoms with Gasteiger partial charge in [-0.2, -0.15) is 0 Å². The van der Waals surface area contributed by atoms with Gasteiger partial charge in [0.05, 0.1) is 24.9 Å². The second-order valence-electron chi connectivity index (χ2n) is 7.91. The first-order valence-electron chi connectivity index (χ1n) is 11.0. The molecule has 1 atom stereocenters. The zero-order valence-corrected chi connectivity index (χ0v) is 22.2. The Bertz CT molecular complexity index is 881. The van der Waals surface area contributed by atoms with Crippen LogP contribution in [-0.2, 0) is 17.8 Å². The SMILES string of the molecule is CCNC(=NCc1cccc(C(=O)NCC2CCCO2)c1)NCc1nc(C(C)C)cs1.I. The number of nitrogens with one attached hydrogen (secondary N) is 3. The van der Waals surface area contributed by atoms with Crippen LogP contribution < -0.4 is 16.0 Å². The minimum atomic E-state index is -0.0731. The summed E-state index contributed by atoms with van der Waals surface area (Å²) in [5.74, 6) is 1.09. The lowest BCUT2D eigenvalue weighted by atomic mass is 10.1. The molecule has 1 aromatic heterocycles. The lowest BCUT2D eigenvalue weighted by molar-refractivity contribution is 0.0857. The van der Waals surface area contributed by atoms with Gasteiger partial charge >= 0.3 is 0 Å². The molecule has 7 nitrogen and oxygen atoms in total. The fourth-order valence-electron chi connectivity index (χ4n) is 3.27. The number of carbonyl (C=O) groups is 1. The van der Waals surface area contributed by atoms with E-state index >= 15 is 0 Å². The minimum absolute atomic E-state index is 0. The van der Waals surface area contributed by atoms with E-state index in [1.807, 2.05) is 31.2 Å². The minimum Gasteiger partial charge on any atom is -0.376 e. The Morgan fingerprint density at radius 2 is 2.16 bits per heavy atom. The van der Waals surface area contributed by atoms with Crippen molar-refractivity contribution in [3.8, 4) is 0 Å². The number of thiazole rings is 1. The topological polar surface area (TPSA) is 87.6 Å². The van der Waals surface area contributed by atoms with E-state index in [2.05, 4.69) is 45.2 Å². The molecule has 0 aliphatic carbocycles. The molecule has 0 saturated carbocycles. The maximum atomic E-state index is 12.5. The smallest absolute Gasteiger partial charge is 0.251 e. The van der Waals surface area contributed by atoms with Crippen LogP contribution in [0.2, 0.25) is 0 Å². The molecule has 3 rings (SSSR count). The van der Waals surface area contributed by atoms with E-state index < -0.39 is 0 Å². The molecule has 1 aliphatic rings. The summed E-state index contributed by atoms with van der Waals surface area (Å²) in [6.07, 6.45) is 2.21. The molecule has 1 aliphatic heterocycles. The third kappa shape index (κ3) is 8.32. The van der Waals surface area contributed by atoms with E-state index in [1.54, 1.807) is 11.3 Å². The predicted molar refractivity (Wildman–Crippen MR) is 141 cm³/mol. The van der Waals surface area contributed by atoms with E-state index in [-0.39, 0.29) is 36.0 Å². The highest BCUT2D eigenvalue weighted by Crippen LogP contribution is 2.17. The van der Waals surface area contributed by atoms with Crippen molar-refractivity contribution in [2.45, 2.75) is 58.7 Å². The number of hydrogen-bond donors (Lipinski definition) is 3. The first-order valence-corrected chi connectivity index (χ1v) is 11.9. The summed E-state index contributed by atoms with van der Waals surface area (Å²) < 4.78 is 5.57. The molecule has 176 valence electrons. The highest BCUT2D eigenvalue weighted by molar-refractivity contribution is 14.0. The Labute approximate surface area is 211 Å². The molecule has 3 N–H and O–H groups in total. The van der Waals surface area contributed by atoms with Gasteiger partial charge in [-0.3, -0.25) is 4.79 Å². The van der Waals surface area contributed by atoms with Gasteiger partial charge in [0.1, 0.15) is 5.01 Å². The summed E-state index contributed by atoms with van der Waals surface area (Å²) in [5.41, 5.74) is 2.75.